The zero-order valence-corrected chi connectivity index (χ0v) is 17.0. The van der Waals surface area contributed by atoms with Gasteiger partial charge in [-0.2, -0.15) is 5.10 Å². The van der Waals surface area contributed by atoms with Gasteiger partial charge in [-0.25, -0.2) is 9.82 Å². The van der Waals surface area contributed by atoms with E-state index in [4.69, 9.17) is 9.47 Å². The van der Waals surface area contributed by atoms with E-state index in [1.54, 1.807) is 0 Å². The van der Waals surface area contributed by atoms with Crippen LogP contribution in [0.4, 0.5) is 4.39 Å². The zero-order chi connectivity index (χ0) is 21.0. The van der Waals surface area contributed by atoms with Crippen LogP contribution < -0.4 is 14.9 Å². The molecule has 152 valence electrons. The van der Waals surface area contributed by atoms with Gasteiger partial charge in [-0.1, -0.05) is 12.1 Å². The number of hydrazone groups is 1. The zero-order valence-electron chi connectivity index (χ0n) is 17.0. The second-order valence-electron chi connectivity index (χ2n) is 6.75. The Kier molecular flexibility index (Phi) is 6.16. The van der Waals surface area contributed by atoms with E-state index in [1.807, 2.05) is 18.3 Å². The maximum Gasteiger partial charge on any atom is 0.241 e. The van der Waals surface area contributed by atoms with Crippen LogP contribution in [0.2, 0.25) is 0 Å². The number of carbonyl (C=O) groups is 1. The Bertz CT molecular complexity index is 1070. The fraction of sp³-hybridized carbons (Fsp3) is 0.273. The lowest BCUT2D eigenvalue weighted by molar-refractivity contribution is -0.121. The van der Waals surface area contributed by atoms with Gasteiger partial charge in [-0.05, 0) is 37.1 Å². The highest BCUT2D eigenvalue weighted by Gasteiger charge is 2.11. The minimum absolute atomic E-state index is 0.186. The van der Waals surface area contributed by atoms with E-state index in [0.717, 1.165) is 5.52 Å². The Balaban J connectivity index is 1.63. The van der Waals surface area contributed by atoms with Crippen molar-refractivity contribution in [1.29, 1.82) is 0 Å². The fourth-order valence-electron chi connectivity index (χ4n) is 3.38. The van der Waals surface area contributed by atoms with Gasteiger partial charge in [0.15, 0.2) is 11.5 Å². The number of fused-ring (bicyclic) bond motifs is 1. The molecular formula is C22H24FN3O3. The number of hydrogen-bond donors (Lipinski definition) is 1. The van der Waals surface area contributed by atoms with Gasteiger partial charge in [0.1, 0.15) is 5.82 Å². The number of hydrogen-bond acceptors (Lipinski definition) is 4. The molecular weight excluding hydrogens is 373 g/mol. The molecule has 3 aromatic rings. The predicted octanol–water partition coefficient (Wildman–Crippen LogP) is 3.95. The van der Waals surface area contributed by atoms with Crippen molar-refractivity contribution in [2.45, 2.75) is 26.8 Å². The van der Waals surface area contributed by atoms with Gasteiger partial charge in [-0.3, -0.25) is 4.79 Å². The molecule has 0 unspecified atom stereocenters. The van der Waals surface area contributed by atoms with E-state index >= 15 is 0 Å². The summed E-state index contributed by atoms with van der Waals surface area (Å²) in [5.74, 6) is -0.109. The monoisotopic (exact) mass is 397 g/mol. The van der Waals surface area contributed by atoms with Gasteiger partial charge < -0.3 is 14.0 Å². The Morgan fingerprint density at radius 2 is 1.90 bits per heavy atom. The Labute approximate surface area is 168 Å². The second-order valence-corrected chi connectivity index (χ2v) is 6.75. The number of methoxy groups -OCH3 is 2. The van der Waals surface area contributed by atoms with Crippen molar-refractivity contribution in [2.75, 3.05) is 14.2 Å². The van der Waals surface area contributed by atoms with Crippen LogP contribution in [0.25, 0.3) is 10.9 Å². The number of aryl methyl sites for hydroxylation is 3. The van der Waals surface area contributed by atoms with E-state index in [9.17, 15) is 9.18 Å². The van der Waals surface area contributed by atoms with Crippen molar-refractivity contribution >= 4 is 23.0 Å². The minimum Gasteiger partial charge on any atom is -0.493 e. The lowest BCUT2D eigenvalue weighted by Crippen LogP contribution is -2.19. The van der Waals surface area contributed by atoms with Crippen LogP contribution in [0.5, 0.6) is 11.5 Å². The van der Waals surface area contributed by atoms with Gasteiger partial charge in [0, 0.05) is 41.7 Å². The molecule has 1 N–H and O–H groups in total. The number of ether oxygens (including phenoxy) is 2. The normalized spacial score (nSPS) is 11.2. The highest BCUT2D eigenvalue weighted by molar-refractivity contribution is 5.87. The number of carbonyl (C=O) groups excluding carboxylic acids is 1. The van der Waals surface area contributed by atoms with Crippen molar-refractivity contribution in [3.05, 3.63) is 59.0 Å². The first-order valence-electron chi connectivity index (χ1n) is 9.23. The van der Waals surface area contributed by atoms with E-state index < -0.39 is 5.82 Å². The standard InChI is InChI=1S/C22H24FN3O3/c1-14-6-5-7-18-22(14)15(2)13-26(18)9-8-21(27)25-24-12-16-10-19(28-3)20(29-4)11-17(16)23/h5-7,10-13H,8-9H2,1-4H3,(H,25,27)/b24-12+. The summed E-state index contributed by atoms with van der Waals surface area (Å²) in [6.45, 7) is 4.67. The third-order valence-corrected chi connectivity index (χ3v) is 4.78. The molecule has 6 nitrogen and oxygen atoms in total. The average Bonchev–Trinajstić information content (AvgIpc) is 3.04. The van der Waals surface area contributed by atoms with Gasteiger partial charge in [0.2, 0.25) is 5.91 Å². The maximum absolute atomic E-state index is 14.1. The molecule has 0 aliphatic rings. The molecule has 0 fully saturated rings. The summed E-state index contributed by atoms with van der Waals surface area (Å²) >= 11 is 0. The van der Waals surface area contributed by atoms with Crippen LogP contribution in [0.3, 0.4) is 0 Å². The number of benzene rings is 2. The van der Waals surface area contributed by atoms with Crippen molar-refractivity contribution in [3.63, 3.8) is 0 Å². The summed E-state index contributed by atoms with van der Waals surface area (Å²) in [5, 5.41) is 5.07. The van der Waals surface area contributed by atoms with Crippen LogP contribution in [0, 0.1) is 19.7 Å². The molecule has 1 aromatic heterocycles. The van der Waals surface area contributed by atoms with Gasteiger partial charge in [-0.15, -0.1) is 0 Å². The summed E-state index contributed by atoms with van der Waals surface area (Å²) in [7, 11) is 2.90. The average molecular weight is 397 g/mol. The fourth-order valence-corrected chi connectivity index (χ4v) is 3.38. The molecule has 0 bridgehead atoms. The number of aromatic nitrogens is 1. The molecule has 0 atom stereocenters. The topological polar surface area (TPSA) is 64.8 Å². The summed E-state index contributed by atoms with van der Waals surface area (Å²) in [5.41, 5.74) is 6.12. The summed E-state index contributed by atoms with van der Waals surface area (Å²) < 4.78 is 26.3. The van der Waals surface area contributed by atoms with Crippen molar-refractivity contribution in [3.8, 4) is 11.5 Å². The molecule has 0 saturated carbocycles. The molecule has 0 aliphatic carbocycles. The van der Waals surface area contributed by atoms with Crippen LogP contribution in [-0.2, 0) is 11.3 Å². The Morgan fingerprint density at radius 1 is 1.17 bits per heavy atom. The number of nitrogens with one attached hydrogen (secondary N) is 1. The number of amides is 1. The largest absolute Gasteiger partial charge is 0.493 e. The van der Waals surface area contributed by atoms with E-state index in [-0.39, 0.29) is 23.6 Å². The lowest BCUT2D eigenvalue weighted by Gasteiger charge is -2.08. The highest BCUT2D eigenvalue weighted by atomic mass is 19.1. The quantitative estimate of drug-likeness (QED) is 0.485. The SMILES string of the molecule is COc1cc(F)c(/C=N/NC(=O)CCn2cc(C)c3c(C)cccc32)cc1OC. The molecule has 0 spiro atoms. The second kappa shape index (κ2) is 8.77. The first kappa shape index (κ1) is 20.4. The first-order valence-corrected chi connectivity index (χ1v) is 9.23. The number of rotatable bonds is 7. The number of nitrogens with zero attached hydrogens (tertiary/aromatic N) is 2. The maximum atomic E-state index is 14.1. The first-order chi connectivity index (χ1) is 13.9. The van der Waals surface area contributed by atoms with Crippen LogP contribution in [0.1, 0.15) is 23.1 Å². The van der Waals surface area contributed by atoms with E-state index in [1.165, 1.54) is 49.1 Å². The molecule has 2 aromatic carbocycles. The molecule has 7 heteroatoms. The highest BCUT2D eigenvalue weighted by Crippen LogP contribution is 2.29. The van der Waals surface area contributed by atoms with Crippen LogP contribution in [0.15, 0.2) is 41.6 Å². The van der Waals surface area contributed by atoms with E-state index in [2.05, 4.69) is 35.0 Å². The third kappa shape index (κ3) is 4.39. The van der Waals surface area contributed by atoms with Crippen molar-refractivity contribution in [1.82, 2.24) is 9.99 Å². The van der Waals surface area contributed by atoms with Gasteiger partial charge in [0.25, 0.3) is 0 Å². The van der Waals surface area contributed by atoms with Crippen molar-refractivity contribution in [2.24, 2.45) is 5.10 Å². The van der Waals surface area contributed by atoms with Gasteiger partial charge >= 0.3 is 0 Å². The molecule has 3 rings (SSSR count). The molecule has 0 radical (unpaired) electrons. The van der Waals surface area contributed by atoms with Crippen LogP contribution >= 0.6 is 0 Å². The van der Waals surface area contributed by atoms with E-state index in [0.29, 0.717) is 12.3 Å². The smallest absolute Gasteiger partial charge is 0.241 e. The summed E-state index contributed by atoms with van der Waals surface area (Å²) in [6.07, 6.45) is 3.55. The summed E-state index contributed by atoms with van der Waals surface area (Å²) in [6, 6.07) is 8.81. The molecule has 1 amide bonds. The van der Waals surface area contributed by atoms with Crippen LogP contribution in [-0.4, -0.2) is 30.9 Å². The Morgan fingerprint density at radius 3 is 2.62 bits per heavy atom. The molecule has 29 heavy (non-hydrogen) atoms. The third-order valence-electron chi connectivity index (χ3n) is 4.78. The minimum atomic E-state index is -0.523. The summed E-state index contributed by atoms with van der Waals surface area (Å²) in [4.78, 5) is 12.1. The molecule has 0 aliphatic heterocycles. The lowest BCUT2D eigenvalue weighted by atomic mass is 10.1. The molecule has 1 heterocycles. The number of halogens is 1. The predicted molar refractivity (Wildman–Crippen MR) is 111 cm³/mol. The Hall–Kier alpha value is -3.35. The van der Waals surface area contributed by atoms with Crippen molar-refractivity contribution < 1.29 is 18.7 Å². The molecule has 0 saturated heterocycles. The van der Waals surface area contributed by atoms with Gasteiger partial charge in [0.05, 0.1) is 20.4 Å².